The van der Waals surface area contributed by atoms with Gasteiger partial charge in [-0.15, -0.1) is 0 Å². The molecule has 5 rings (SSSR count). The van der Waals surface area contributed by atoms with Gasteiger partial charge in [0, 0.05) is 37.4 Å². The van der Waals surface area contributed by atoms with Crippen LogP contribution in [0.15, 0.2) is 54.6 Å². The molecular weight excluding hydrogens is 412 g/mol. The third-order valence-electron chi connectivity index (χ3n) is 7.86. The summed E-state index contributed by atoms with van der Waals surface area (Å²) in [6, 6.07) is 18.2. The Hall–Kier alpha value is -2.37. The van der Waals surface area contributed by atoms with Gasteiger partial charge in [-0.1, -0.05) is 36.4 Å². The summed E-state index contributed by atoms with van der Waals surface area (Å²) >= 11 is 0. The molecule has 1 spiro atoms. The van der Waals surface area contributed by atoms with Crippen LogP contribution in [-0.2, 0) is 11.3 Å². The summed E-state index contributed by atoms with van der Waals surface area (Å²) in [5.41, 5.74) is 2.48. The highest BCUT2D eigenvalue weighted by atomic mass is 16.5. The Morgan fingerprint density at radius 2 is 1.64 bits per heavy atom. The molecule has 2 aromatic carbocycles. The quantitative estimate of drug-likeness (QED) is 0.639. The third kappa shape index (κ3) is 5.42. The molecule has 5 heteroatoms. The van der Waals surface area contributed by atoms with Gasteiger partial charge in [-0.3, -0.25) is 9.69 Å². The van der Waals surface area contributed by atoms with Crippen molar-refractivity contribution in [3.8, 4) is 5.75 Å². The van der Waals surface area contributed by atoms with E-state index < -0.39 is 0 Å². The molecule has 0 radical (unpaired) electrons. The smallest absolute Gasteiger partial charge is 0.253 e. The second-order valence-electron chi connectivity index (χ2n) is 9.99. The van der Waals surface area contributed by atoms with Gasteiger partial charge in [0.25, 0.3) is 5.91 Å². The van der Waals surface area contributed by atoms with Gasteiger partial charge in [-0.2, -0.15) is 0 Å². The van der Waals surface area contributed by atoms with E-state index in [0.29, 0.717) is 12.0 Å². The van der Waals surface area contributed by atoms with E-state index in [4.69, 9.17) is 9.47 Å². The zero-order valence-corrected chi connectivity index (χ0v) is 19.6. The van der Waals surface area contributed by atoms with Gasteiger partial charge in [0.1, 0.15) is 12.4 Å². The van der Waals surface area contributed by atoms with Crippen molar-refractivity contribution in [3.63, 3.8) is 0 Å². The molecule has 3 aliphatic heterocycles. The van der Waals surface area contributed by atoms with Crippen LogP contribution in [0, 0.1) is 5.41 Å². The number of piperidine rings is 2. The molecule has 3 aliphatic rings. The van der Waals surface area contributed by atoms with E-state index in [9.17, 15) is 4.79 Å². The van der Waals surface area contributed by atoms with Gasteiger partial charge >= 0.3 is 0 Å². The number of para-hydroxylation sites is 1. The van der Waals surface area contributed by atoms with Gasteiger partial charge in [0.05, 0.1) is 6.10 Å². The highest BCUT2D eigenvalue weighted by Crippen LogP contribution is 2.42. The largest absolute Gasteiger partial charge is 0.491 e. The Kier molecular flexibility index (Phi) is 6.98. The molecule has 2 aromatic rings. The van der Waals surface area contributed by atoms with Crippen LogP contribution in [0.5, 0.6) is 5.75 Å². The molecule has 3 saturated heterocycles. The molecule has 33 heavy (non-hydrogen) atoms. The van der Waals surface area contributed by atoms with Gasteiger partial charge in [-0.25, -0.2) is 0 Å². The molecule has 0 saturated carbocycles. The van der Waals surface area contributed by atoms with E-state index >= 15 is 0 Å². The zero-order valence-electron chi connectivity index (χ0n) is 19.6. The van der Waals surface area contributed by atoms with Gasteiger partial charge in [0.2, 0.25) is 0 Å². The van der Waals surface area contributed by atoms with Crippen molar-refractivity contribution in [2.24, 2.45) is 5.41 Å². The molecule has 3 heterocycles. The van der Waals surface area contributed by atoms with Crippen LogP contribution < -0.4 is 4.74 Å². The average Bonchev–Trinajstić information content (AvgIpc) is 3.39. The fourth-order valence-electron chi connectivity index (χ4n) is 5.61. The number of ether oxygens (including phenoxy) is 2. The highest BCUT2D eigenvalue weighted by molar-refractivity contribution is 5.94. The van der Waals surface area contributed by atoms with Gasteiger partial charge in [0.15, 0.2) is 0 Å². The Labute approximate surface area is 197 Å². The lowest BCUT2D eigenvalue weighted by atomic mass is 9.71. The van der Waals surface area contributed by atoms with Crippen LogP contribution in [0.2, 0.25) is 0 Å². The normalized spacial score (nSPS) is 23.0. The second kappa shape index (κ2) is 10.3. The second-order valence-corrected chi connectivity index (χ2v) is 9.99. The van der Waals surface area contributed by atoms with Crippen LogP contribution in [0.4, 0.5) is 0 Å². The number of carbonyl (C=O) groups is 1. The summed E-state index contributed by atoms with van der Waals surface area (Å²) in [5, 5.41) is 0. The first-order chi connectivity index (χ1) is 16.2. The number of rotatable bonds is 6. The molecule has 5 nitrogen and oxygen atoms in total. The van der Waals surface area contributed by atoms with E-state index in [0.717, 1.165) is 76.3 Å². The third-order valence-corrected chi connectivity index (χ3v) is 7.86. The van der Waals surface area contributed by atoms with Crippen molar-refractivity contribution in [3.05, 3.63) is 65.7 Å². The number of hydrogen-bond donors (Lipinski definition) is 0. The van der Waals surface area contributed by atoms with E-state index in [2.05, 4.69) is 34.1 Å². The van der Waals surface area contributed by atoms with Crippen LogP contribution >= 0.6 is 0 Å². The SMILES string of the molecule is O=C(c1ccccc1)N1CCC2(CCN(Cc3ccccc3OCC3CCCO3)CC2)CC1. The van der Waals surface area contributed by atoms with Crippen molar-refractivity contribution < 1.29 is 14.3 Å². The number of carbonyl (C=O) groups excluding carboxylic acids is 1. The molecule has 1 amide bonds. The molecule has 176 valence electrons. The lowest BCUT2D eigenvalue weighted by Crippen LogP contribution is -2.48. The zero-order chi connectivity index (χ0) is 22.5. The lowest BCUT2D eigenvalue weighted by molar-refractivity contribution is 0.0281. The maximum absolute atomic E-state index is 12.8. The summed E-state index contributed by atoms with van der Waals surface area (Å²) in [4.78, 5) is 17.4. The van der Waals surface area contributed by atoms with Gasteiger partial charge in [-0.05, 0) is 75.2 Å². The molecule has 1 unspecified atom stereocenters. The summed E-state index contributed by atoms with van der Waals surface area (Å²) in [6.45, 7) is 6.46. The topological polar surface area (TPSA) is 42.0 Å². The Morgan fingerprint density at radius 1 is 0.939 bits per heavy atom. The first-order valence-electron chi connectivity index (χ1n) is 12.6. The lowest BCUT2D eigenvalue weighted by Gasteiger charge is -2.47. The standard InChI is InChI=1S/C28H36N2O3/c31-27(23-7-2-1-3-8-23)30-18-14-28(15-19-30)12-16-29(17-13-28)21-24-9-4-5-11-26(24)33-22-25-10-6-20-32-25/h1-5,7-9,11,25H,6,10,12-22H2. The molecule has 0 N–H and O–H groups in total. The molecular formula is C28H36N2O3. The van der Waals surface area contributed by atoms with Crippen molar-refractivity contribution in [2.75, 3.05) is 39.4 Å². The van der Waals surface area contributed by atoms with Crippen molar-refractivity contribution in [2.45, 2.75) is 51.2 Å². The van der Waals surface area contributed by atoms with Gasteiger partial charge < -0.3 is 14.4 Å². The Morgan fingerprint density at radius 3 is 2.36 bits per heavy atom. The minimum Gasteiger partial charge on any atom is -0.491 e. The van der Waals surface area contributed by atoms with Crippen LogP contribution in [0.1, 0.15) is 54.4 Å². The van der Waals surface area contributed by atoms with Crippen molar-refractivity contribution in [1.29, 1.82) is 0 Å². The average molecular weight is 449 g/mol. The first kappa shape index (κ1) is 22.4. The van der Waals surface area contributed by atoms with E-state index in [-0.39, 0.29) is 12.0 Å². The van der Waals surface area contributed by atoms with E-state index in [1.807, 2.05) is 30.3 Å². The number of nitrogens with zero attached hydrogens (tertiary/aromatic N) is 2. The summed E-state index contributed by atoms with van der Waals surface area (Å²) in [5.74, 6) is 1.18. The first-order valence-corrected chi connectivity index (χ1v) is 12.6. The predicted octanol–water partition coefficient (Wildman–Crippen LogP) is 4.76. The molecule has 0 bridgehead atoms. The number of amides is 1. The predicted molar refractivity (Wildman–Crippen MR) is 129 cm³/mol. The molecule has 0 aromatic heterocycles. The maximum Gasteiger partial charge on any atom is 0.253 e. The summed E-state index contributed by atoms with van der Waals surface area (Å²) in [6.07, 6.45) is 7.18. The Bertz CT molecular complexity index is 908. The van der Waals surface area contributed by atoms with Crippen LogP contribution in [0.25, 0.3) is 0 Å². The Balaban J connectivity index is 1.11. The maximum atomic E-state index is 12.8. The van der Waals surface area contributed by atoms with Crippen LogP contribution in [-0.4, -0.2) is 61.2 Å². The summed E-state index contributed by atoms with van der Waals surface area (Å²) < 4.78 is 11.9. The number of hydrogen-bond acceptors (Lipinski definition) is 4. The molecule has 0 aliphatic carbocycles. The fraction of sp³-hybridized carbons (Fsp3) is 0.536. The monoisotopic (exact) mass is 448 g/mol. The van der Waals surface area contributed by atoms with Crippen molar-refractivity contribution >= 4 is 5.91 Å². The number of benzene rings is 2. The number of likely N-dealkylation sites (tertiary alicyclic amines) is 2. The van der Waals surface area contributed by atoms with Crippen LogP contribution in [0.3, 0.4) is 0 Å². The highest BCUT2D eigenvalue weighted by Gasteiger charge is 2.38. The van der Waals surface area contributed by atoms with E-state index in [1.165, 1.54) is 18.4 Å². The molecule has 1 atom stereocenters. The minimum absolute atomic E-state index is 0.183. The fourth-order valence-corrected chi connectivity index (χ4v) is 5.61. The van der Waals surface area contributed by atoms with E-state index in [1.54, 1.807) is 0 Å². The van der Waals surface area contributed by atoms with Crippen molar-refractivity contribution in [1.82, 2.24) is 9.80 Å². The summed E-state index contributed by atoms with van der Waals surface area (Å²) in [7, 11) is 0. The minimum atomic E-state index is 0.183. The molecule has 3 fully saturated rings.